The molecule has 0 saturated heterocycles. The van der Waals surface area contributed by atoms with Gasteiger partial charge in [0.1, 0.15) is 5.78 Å². The molecule has 1 aliphatic rings. The largest absolute Gasteiger partial charge is 0.324 e. The van der Waals surface area contributed by atoms with Gasteiger partial charge >= 0.3 is 0 Å². The van der Waals surface area contributed by atoms with E-state index in [2.05, 4.69) is 20.4 Å². The van der Waals surface area contributed by atoms with Crippen LogP contribution in [0.5, 0.6) is 0 Å². The molecule has 0 aliphatic heterocycles. The van der Waals surface area contributed by atoms with Crippen molar-refractivity contribution in [2.45, 2.75) is 25.7 Å². The number of nitrogens with one attached hydrogen (secondary N) is 1. The number of hydrogen-bond donors (Lipinski definition) is 1. The molecule has 0 radical (unpaired) electrons. The van der Waals surface area contributed by atoms with Crippen molar-refractivity contribution in [2.75, 3.05) is 5.32 Å². The second-order valence-corrected chi connectivity index (χ2v) is 7.79. The van der Waals surface area contributed by atoms with Gasteiger partial charge < -0.3 is 5.32 Å². The van der Waals surface area contributed by atoms with Crippen LogP contribution in [0.2, 0.25) is 0 Å². The molecule has 154 valence electrons. The maximum absolute atomic E-state index is 12.3. The van der Waals surface area contributed by atoms with Gasteiger partial charge in [-0.1, -0.05) is 30.3 Å². The van der Waals surface area contributed by atoms with Gasteiger partial charge in [-0.25, -0.2) is 9.50 Å². The van der Waals surface area contributed by atoms with E-state index in [1.165, 1.54) is 0 Å². The first-order chi connectivity index (χ1) is 15.2. The normalized spacial score (nSPS) is 13.3. The summed E-state index contributed by atoms with van der Waals surface area (Å²) >= 11 is 0. The van der Waals surface area contributed by atoms with Crippen LogP contribution in [0.25, 0.3) is 16.9 Å². The van der Waals surface area contributed by atoms with Crippen LogP contribution in [0.15, 0.2) is 67.0 Å². The molecule has 1 aliphatic carbocycles. The van der Waals surface area contributed by atoms with Crippen molar-refractivity contribution in [2.24, 2.45) is 5.92 Å². The van der Waals surface area contributed by atoms with Crippen LogP contribution in [-0.4, -0.2) is 31.3 Å². The van der Waals surface area contributed by atoms with Gasteiger partial charge in [0.05, 0.1) is 30.4 Å². The first kappa shape index (κ1) is 19.1. The molecule has 1 N–H and O–H groups in total. The number of amides is 1. The maximum Gasteiger partial charge on any atom is 0.228 e. The quantitative estimate of drug-likeness (QED) is 0.503. The summed E-state index contributed by atoms with van der Waals surface area (Å²) in [5.41, 5.74) is 4.16. The van der Waals surface area contributed by atoms with E-state index in [0.29, 0.717) is 11.5 Å². The van der Waals surface area contributed by atoms with Crippen molar-refractivity contribution in [3.05, 3.63) is 78.4 Å². The Kier molecular flexibility index (Phi) is 5.00. The minimum absolute atomic E-state index is 0.0934. The van der Waals surface area contributed by atoms with Crippen LogP contribution in [0.1, 0.15) is 24.2 Å². The molecule has 1 amide bonds. The Balaban J connectivity index is 1.32. The van der Waals surface area contributed by atoms with Crippen molar-refractivity contribution >= 4 is 23.0 Å². The first-order valence-corrected chi connectivity index (χ1v) is 10.3. The van der Waals surface area contributed by atoms with Crippen LogP contribution < -0.4 is 5.32 Å². The minimum Gasteiger partial charge on any atom is -0.324 e. The van der Waals surface area contributed by atoms with Crippen LogP contribution >= 0.6 is 0 Å². The lowest BCUT2D eigenvalue weighted by Crippen LogP contribution is -2.14. The predicted octanol–water partition coefficient (Wildman–Crippen LogP) is 3.49. The fourth-order valence-electron chi connectivity index (χ4n) is 3.57. The van der Waals surface area contributed by atoms with Crippen LogP contribution in [-0.2, 0) is 22.4 Å². The molecule has 1 fully saturated rings. The van der Waals surface area contributed by atoms with E-state index < -0.39 is 0 Å². The molecule has 3 aromatic heterocycles. The standard InChI is InChI=1S/C24H21N5O2/c30-21(18-10-11-18)14-22-27-23-5-1-4-20(29(23)28-22)17-8-6-16(7-9-17)13-24(31)26-19-3-2-12-25-15-19/h1-9,12,15,18H,10-11,13-14H2,(H,26,31). The number of rotatable bonds is 7. The third-order valence-corrected chi connectivity index (χ3v) is 5.33. The minimum atomic E-state index is -0.0934. The third kappa shape index (κ3) is 4.35. The van der Waals surface area contributed by atoms with Crippen LogP contribution in [0.3, 0.4) is 0 Å². The van der Waals surface area contributed by atoms with Crippen molar-refractivity contribution in [3.8, 4) is 11.3 Å². The van der Waals surface area contributed by atoms with Gasteiger partial charge in [0.15, 0.2) is 11.5 Å². The first-order valence-electron chi connectivity index (χ1n) is 10.3. The lowest BCUT2D eigenvalue weighted by molar-refractivity contribution is -0.119. The Labute approximate surface area is 179 Å². The topological polar surface area (TPSA) is 89.2 Å². The number of hydrogen-bond acceptors (Lipinski definition) is 5. The van der Waals surface area contributed by atoms with E-state index in [1.54, 1.807) is 29.0 Å². The molecule has 7 nitrogen and oxygen atoms in total. The Hall–Kier alpha value is -3.87. The van der Waals surface area contributed by atoms with Gasteiger partial charge in [0.2, 0.25) is 5.91 Å². The molecular weight excluding hydrogens is 390 g/mol. The zero-order chi connectivity index (χ0) is 21.2. The summed E-state index contributed by atoms with van der Waals surface area (Å²) in [7, 11) is 0. The second-order valence-electron chi connectivity index (χ2n) is 7.79. The number of Topliss-reactive ketones (excluding diaryl/α,β-unsaturated/α-hetero) is 1. The molecule has 5 rings (SSSR count). The van der Waals surface area contributed by atoms with Gasteiger partial charge in [-0.15, -0.1) is 0 Å². The Morgan fingerprint density at radius 2 is 1.84 bits per heavy atom. The Morgan fingerprint density at radius 3 is 2.58 bits per heavy atom. The fourth-order valence-corrected chi connectivity index (χ4v) is 3.57. The number of anilines is 1. The summed E-state index contributed by atoms with van der Waals surface area (Å²) in [5.74, 6) is 0.900. The highest BCUT2D eigenvalue weighted by atomic mass is 16.1. The maximum atomic E-state index is 12.3. The number of pyridine rings is 2. The van der Waals surface area contributed by atoms with Gasteiger partial charge in [-0.05, 0) is 42.7 Å². The third-order valence-electron chi connectivity index (χ3n) is 5.33. The summed E-state index contributed by atoms with van der Waals surface area (Å²) in [6, 6.07) is 17.2. The monoisotopic (exact) mass is 411 g/mol. The smallest absolute Gasteiger partial charge is 0.228 e. The molecule has 1 saturated carbocycles. The van der Waals surface area contributed by atoms with E-state index in [0.717, 1.165) is 35.3 Å². The molecule has 0 atom stereocenters. The molecule has 4 aromatic rings. The summed E-state index contributed by atoms with van der Waals surface area (Å²) < 4.78 is 1.78. The van der Waals surface area contributed by atoms with Gasteiger partial charge in [0, 0.05) is 17.7 Å². The molecule has 31 heavy (non-hydrogen) atoms. The Bertz CT molecular complexity index is 1240. The van der Waals surface area contributed by atoms with E-state index in [9.17, 15) is 9.59 Å². The SMILES string of the molecule is O=C(Cc1ccc(-c2cccc3nc(CC(=O)C4CC4)nn23)cc1)Nc1cccnc1. The second kappa shape index (κ2) is 8.10. The van der Waals surface area contributed by atoms with Crippen LogP contribution in [0, 0.1) is 5.92 Å². The highest BCUT2D eigenvalue weighted by molar-refractivity contribution is 5.92. The van der Waals surface area contributed by atoms with Gasteiger partial charge in [0.25, 0.3) is 0 Å². The summed E-state index contributed by atoms with van der Waals surface area (Å²) in [4.78, 5) is 32.9. The van der Waals surface area contributed by atoms with E-state index >= 15 is 0 Å². The number of nitrogens with zero attached hydrogens (tertiary/aromatic N) is 4. The van der Waals surface area contributed by atoms with Crippen molar-refractivity contribution < 1.29 is 9.59 Å². The lowest BCUT2D eigenvalue weighted by atomic mass is 10.1. The molecule has 7 heteroatoms. The average molecular weight is 411 g/mol. The van der Waals surface area contributed by atoms with Crippen LogP contribution in [0.4, 0.5) is 5.69 Å². The molecule has 3 heterocycles. The number of ketones is 1. The molecular formula is C24H21N5O2. The van der Waals surface area contributed by atoms with Crippen molar-refractivity contribution in [1.82, 2.24) is 19.6 Å². The zero-order valence-corrected chi connectivity index (χ0v) is 16.9. The summed E-state index contributed by atoms with van der Waals surface area (Å²) in [5, 5.41) is 7.41. The summed E-state index contributed by atoms with van der Waals surface area (Å²) in [6.45, 7) is 0. The zero-order valence-electron chi connectivity index (χ0n) is 16.9. The number of carbonyl (C=O) groups excluding carboxylic acids is 2. The average Bonchev–Trinajstić information content (AvgIpc) is 3.55. The lowest BCUT2D eigenvalue weighted by Gasteiger charge is -2.07. The summed E-state index contributed by atoms with van der Waals surface area (Å²) in [6.07, 6.45) is 5.82. The molecule has 1 aromatic carbocycles. The predicted molar refractivity (Wildman–Crippen MR) is 116 cm³/mol. The fraction of sp³-hybridized carbons (Fsp3) is 0.208. The van der Waals surface area contributed by atoms with E-state index in [1.807, 2.05) is 42.5 Å². The molecule has 0 bridgehead atoms. The highest BCUT2D eigenvalue weighted by Gasteiger charge is 2.30. The van der Waals surface area contributed by atoms with Gasteiger partial charge in [-0.3, -0.25) is 14.6 Å². The Morgan fingerprint density at radius 1 is 1.00 bits per heavy atom. The van der Waals surface area contributed by atoms with Crippen molar-refractivity contribution in [1.29, 1.82) is 0 Å². The highest BCUT2D eigenvalue weighted by Crippen LogP contribution is 2.30. The van der Waals surface area contributed by atoms with Gasteiger partial charge in [-0.2, -0.15) is 5.10 Å². The van der Waals surface area contributed by atoms with E-state index in [4.69, 9.17) is 0 Å². The number of aromatic nitrogens is 4. The molecule has 0 unspecified atom stereocenters. The van der Waals surface area contributed by atoms with Crippen molar-refractivity contribution in [3.63, 3.8) is 0 Å². The number of benzene rings is 1. The molecule has 0 spiro atoms. The van der Waals surface area contributed by atoms with E-state index in [-0.39, 0.29) is 30.4 Å². The number of fused-ring (bicyclic) bond motifs is 1. The number of carbonyl (C=O) groups is 2.